The van der Waals surface area contributed by atoms with E-state index >= 15 is 0 Å². The lowest BCUT2D eigenvalue weighted by molar-refractivity contribution is -0.119. The summed E-state index contributed by atoms with van der Waals surface area (Å²) in [6.45, 7) is 6.93. The molecule has 5 nitrogen and oxygen atoms in total. The number of anilines is 1. The fourth-order valence-corrected chi connectivity index (χ4v) is 2.05. The van der Waals surface area contributed by atoms with Crippen LogP contribution < -0.4 is 16.4 Å². The third-order valence-corrected chi connectivity index (χ3v) is 3.22. The van der Waals surface area contributed by atoms with Crippen LogP contribution >= 0.6 is 24.0 Å². The van der Waals surface area contributed by atoms with Gasteiger partial charge in [0.2, 0.25) is 5.91 Å². The summed E-state index contributed by atoms with van der Waals surface area (Å²) < 4.78 is 0. The lowest BCUT2D eigenvalue weighted by Crippen LogP contribution is -2.30. The van der Waals surface area contributed by atoms with E-state index in [0.717, 1.165) is 24.9 Å². The zero-order valence-electron chi connectivity index (χ0n) is 13.6. The van der Waals surface area contributed by atoms with Gasteiger partial charge in [-0.1, -0.05) is 39.0 Å². The second-order valence-corrected chi connectivity index (χ2v) is 4.83. The number of aryl methyl sites for hydroxylation is 2. The van der Waals surface area contributed by atoms with E-state index in [-0.39, 0.29) is 42.4 Å². The Balaban J connectivity index is 0.00000441. The van der Waals surface area contributed by atoms with Crippen molar-refractivity contribution in [1.82, 2.24) is 5.32 Å². The summed E-state index contributed by atoms with van der Waals surface area (Å²) in [4.78, 5) is 15.6. The van der Waals surface area contributed by atoms with E-state index in [0.29, 0.717) is 6.54 Å². The molecular formula is C16H27IN4O. The van der Waals surface area contributed by atoms with Crippen LogP contribution in [0.2, 0.25) is 0 Å². The number of amides is 1. The van der Waals surface area contributed by atoms with Gasteiger partial charge in [-0.25, -0.2) is 4.99 Å². The van der Waals surface area contributed by atoms with Gasteiger partial charge in [0.05, 0.1) is 0 Å². The first kappa shape index (κ1) is 20.7. The van der Waals surface area contributed by atoms with Crippen molar-refractivity contribution in [3.05, 3.63) is 29.3 Å². The first-order valence-corrected chi connectivity index (χ1v) is 7.56. The van der Waals surface area contributed by atoms with E-state index in [1.54, 1.807) is 0 Å². The van der Waals surface area contributed by atoms with E-state index < -0.39 is 0 Å². The third kappa shape index (κ3) is 6.64. The molecule has 0 atom stereocenters. The topological polar surface area (TPSA) is 79.5 Å². The van der Waals surface area contributed by atoms with Gasteiger partial charge in [0.25, 0.3) is 0 Å². The summed E-state index contributed by atoms with van der Waals surface area (Å²) in [6.07, 6.45) is 2.74. The molecule has 0 aliphatic heterocycles. The van der Waals surface area contributed by atoms with Gasteiger partial charge in [0.15, 0.2) is 5.96 Å². The van der Waals surface area contributed by atoms with Crippen molar-refractivity contribution < 1.29 is 4.79 Å². The molecule has 0 bridgehead atoms. The number of halogens is 1. The largest absolute Gasteiger partial charge is 0.370 e. The number of nitrogens with two attached hydrogens (primary N) is 1. The average molecular weight is 418 g/mol. The number of aliphatic imine (C=N–C) groups is 1. The number of nitrogens with one attached hydrogen (secondary N) is 2. The lowest BCUT2D eigenvalue weighted by atomic mass is 10.0. The summed E-state index contributed by atoms with van der Waals surface area (Å²) in [6, 6.07) is 6.19. The van der Waals surface area contributed by atoms with Crippen LogP contribution in [0.25, 0.3) is 0 Å². The van der Waals surface area contributed by atoms with E-state index in [9.17, 15) is 4.79 Å². The van der Waals surface area contributed by atoms with Crippen molar-refractivity contribution in [3.63, 3.8) is 0 Å². The Labute approximate surface area is 150 Å². The maximum atomic E-state index is 11.5. The van der Waals surface area contributed by atoms with Gasteiger partial charge in [-0.05, 0) is 30.4 Å². The smallest absolute Gasteiger partial charge is 0.241 e. The van der Waals surface area contributed by atoms with Crippen molar-refractivity contribution in [2.45, 2.75) is 40.0 Å². The fraction of sp³-hybridized carbons (Fsp3) is 0.500. The van der Waals surface area contributed by atoms with E-state index in [4.69, 9.17) is 5.73 Å². The minimum Gasteiger partial charge on any atom is -0.370 e. The van der Waals surface area contributed by atoms with Crippen molar-refractivity contribution in [3.8, 4) is 0 Å². The van der Waals surface area contributed by atoms with Crippen LogP contribution in [0.15, 0.2) is 23.2 Å². The zero-order valence-corrected chi connectivity index (χ0v) is 15.9. The Kier molecular flexibility index (Phi) is 10.6. The fourth-order valence-electron chi connectivity index (χ4n) is 2.05. The summed E-state index contributed by atoms with van der Waals surface area (Å²) >= 11 is 0. The molecule has 0 saturated carbocycles. The van der Waals surface area contributed by atoms with E-state index in [1.807, 2.05) is 13.0 Å². The highest BCUT2D eigenvalue weighted by molar-refractivity contribution is 14.0. The summed E-state index contributed by atoms with van der Waals surface area (Å²) in [5.41, 5.74) is 9.29. The molecule has 22 heavy (non-hydrogen) atoms. The number of para-hydroxylation sites is 1. The first-order chi connectivity index (χ1) is 10.1. The highest BCUT2D eigenvalue weighted by atomic mass is 127. The quantitative estimate of drug-likeness (QED) is 0.362. The number of nitrogens with zero attached hydrogens (tertiary/aromatic N) is 1. The van der Waals surface area contributed by atoms with Crippen molar-refractivity contribution in [2.24, 2.45) is 10.7 Å². The summed E-state index contributed by atoms with van der Waals surface area (Å²) in [7, 11) is 0. The van der Waals surface area contributed by atoms with Gasteiger partial charge in [-0.15, -0.1) is 24.0 Å². The molecule has 0 aromatic heterocycles. The summed E-state index contributed by atoms with van der Waals surface area (Å²) in [5.74, 6) is 0.165. The highest BCUT2D eigenvalue weighted by Crippen LogP contribution is 2.22. The third-order valence-electron chi connectivity index (χ3n) is 3.22. The van der Waals surface area contributed by atoms with Crippen LogP contribution in [0.1, 0.15) is 38.3 Å². The molecule has 1 amide bonds. The first-order valence-electron chi connectivity index (χ1n) is 7.56. The maximum Gasteiger partial charge on any atom is 0.241 e. The highest BCUT2D eigenvalue weighted by Gasteiger charge is 2.07. The van der Waals surface area contributed by atoms with Crippen LogP contribution in [0, 0.1) is 0 Å². The molecule has 0 radical (unpaired) electrons. The van der Waals surface area contributed by atoms with Gasteiger partial charge in [0, 0.05) is 12.2 Å². The Hall–Kier alpha value is -1.31. The van der Waals surface area contributed by atoms with Crippen LogP contribution in [0.4, 0.5) is 5.69 Å². The van der Waals surface area contributed by atoms with Gasteiger partial charge in [-0.2, -0.15) is 0 Å². The minimum atomic E-state index is -0.110. The Morgan fingerprint density at radius 1 is 1.18 bits per heavy atom. The van der Waals surface area contributed by atoms with Crippen molar-refractivity contribution in [2.75, 3.05) is 18.4 Å². The molecule has 0 aliphatic carbocycles. The SMILES string of the molecule is CCCNC(=O)CN=C(N)Nc1c(CC)cccc1CC.I. The zero-order chi connectivity index (χ0) is 15.7. The molecule has 0 heterocycles. The predicted octanol–water partition coefficient (Wildman–Crippen LogP) is 2.68. The average Bonchev–Trinajstić information content (AvgIpc) is 2.51. The molecule has 6 heteroatoms. The van der Waals surface area contributed by atoms with E-state index in [2.05, 4.69) is 41.6 Å². The summed E-state index contributed by atoms with van der Waals surface area (Å²) in [5, 5.41) is 5.91. The number of hydrogen-bond donors (Lipinski definition) is 3. The molecule has 4 N–H and O–H groups in total. The molecule has 0 spiro atoms. The van der Waals surface area contributed by atoms with Crippen LogP contribution in [0.5, 0.6) is 0 Å². The number of hydrogen-bond acceptors (Lipinski definition) is 2. The molecule has 0 aliphatic rings. The monoisotopic (exact) mass is 418 g/mol. The molecule has 0 fully saturated rings. The number of carbonyl (C=O) groups excluding carboxylic acids is 1. The van der Waals surface area contributed by atoms with Crippen molar-refractivity contribution in [1.29, 1.82) is 0 Å². The van der Waals surface area contributed by atoms with Crippen LogP contribution in [-0.2, 0) is 17.6 Å². The van der Waals surface area contributed by atoms with Gasteiger partial charge in [-0.3, -0.25) is 4.79 Å². The minimum absolute atomic E-state index is 0. The van der Waals surface area contributed by atoms with Gasteiger partial charge in [0.1, 0.15) is 6.54 Å². The Bertz CT molecular complexity index is 481. The van der Waals surface area contributed by atoms with E-state index in [1.165, 1.54) is 11.1 Å². The van der Waals surface area contributed by atoms with Crippen LogP contribution in [-0.4, -0.2) is 25.0 Å². The van der Waals surface area contributed by atoms with Crippen molar-refractivity contribution >= 4 is 41.5 Å². The number of carbonyl (C=O) groups is 1. The van der Waals surface area contributed by atoms with Gasteiger partial charge >= 0.3 is 0 Å². The van der Waals surface area contributed by atoms with Crippen LogP contribution in [0.3, 0.4) is 0 Å². The Morgan fingerprint density at radius 3 is 2.27 bits per heavy atom. The number of rotatable bonds is 7. The standard InChI is InChI=1S/C16H26N4O.HI/c1-4-10-18-14(21)11-19-16(17)20-15-12(5-2)8-7-9-13(15)6-3;/h7-9H,4-6,10-11H2,1-3H3,(H,18,21)(H3,17,19,20);1H. The molecule has 1 aromatic carbocycles. The molecular weight excluding hydrogens is 391 g/mol. The second kappa shape index (κ2) is 11.3. The molecule has 1 rings (SSSR count). The number of benzene rings is 1. The normalized spacial score (nSPS) is 10.8. The van der Waals surface area contributed by atoms with Gasteiger partial charge < -0.3 is 16.4 Å². The molecule has 0 saturated heterocycles. The Morgan fingerprint density at radius 2 is 1.77 bits per heavy atom. The maximum absolute atomic E-state index is 11.5. The molecule has 124 valence electrons. The lowest BCUT2D eigenvalue weighted by Gasteiger charge is -2.14. The molecule has 0 unspecified atom stereocenters. The predicted molar refractivity (Wildman–Crippen MR) is 104 cm³/mol. The number of guanidine groups is 1. The molecule has 1 aromatic rings. The second-order valence-electron chi connectivity index (χ2n) is 4.83.